The van der Waals surface area contributed by atoms with E-state index in [1.54, 1.807) is 0 Å². The molecule has 1 heterocycles. The molecule has 0 atom stereocenters. The zero-order valence-corrected chi connectivity index (χ0v) is 11.4. The normalized spacial score (nSPS) is 16.1. The first-order valence-corrected chi connectivity index (χ1v) is 6.88. The number of hydrogen-bond acceptors (Lipinski definition) is 2. The fraction of sp³-hybridized carbons (Fsp3) is 0.467. The van der Waals surface area contributed by atoms with Gasteiger partial charge in [-0.2, -0.15) is 0 Å². The van der Waals surface area contributed by atoms with E-state index >= 15 is 0 Å². The third kappa shape index (κ3) is 2.23. The minimum Gasteiger partial charge on any atom is -0.336 e. The Morgan fingerprint density at radius 3 is 2.84 bits per heavy atom. The molecule has 100 valence electrons. The minimum atomic E-state index is 0.000697. The van der Waals surface area contributed by atoms with Crippen molar-refractivity contribution in [2.75, 3.05) is 7.05 Å². The van der Waals surface area contributed by atoms with E-state index in [0.717, 1.165) is 29.4 Å². The van der Waals surface area contributed by atoms with Crippen molar-refractivity contribution in [1.82, 2.24) is 14.9 Å². The number of aromatic nitrogens is 2. The average molecular weight is 257 g/mol. The fourth-order valence-electron chi connectivity index (χ4n) is 2.84. The van der Waals surface area contributed by atoms with Gasteiger partial charge in [0.25, 0.3) is 5.91 Å². The van der Waals surface area contributed by atoms with E-state index in [9.17, 15) is 4.79 Å². The van der Waals surface area contributed by atoms with Crippen LogP contribution < -0.4 is 0 Å². The maximum Gasteiger partial charge on any atom is 0.289 e. The Morgan fingerprint density at radius 1 is 1.37 bits per heavy atom. The molecule has 19 heavy (non-hydrogen) atoms. The summed E-state index contributed by atoms with van der Waals surface area (Å²) in [5, 5.41) is 0. The van der Waals surface area contributed by atoms with E-state index in [0.29, 0.717) is 11.9 Å². The number of H-pyrrole nitrogens is 1. The summed E-state index contributed by atoms with van der Waals surface area (Å²) >= 11 is 0. The molecule has 0 radical (unpaired) electrons. The molecule has 1 N–H and O–H groups in total. The highest BCUT2D eigenvalue weighted by molar-refractivity contribution is 5.94. The molecule has 1 aromatic heterocycles. The Hall–Kier alpha value is -1.84. The molecule has 1 aromatic carbocycles. The summed E-state index contributed by atoms with van der Waals surface area (Å²) in [5.74, 6) is 0.454. The van der Waals surface area contributed by atoms with Gasteiger partial charge in [-0.15, -0.1) is 0 Å². The molecule has 1 fully saturated rings. The third-order valence-corrected chi connectivity index (χ3v) is 4.03. The molecule has 1 aliphatic rings. The molecule has 2 aromatic rings. The Labute approximate surface area is 112 Å². The molecular weight excluding hydrogens is 238 g/mol. The Balaban J connectivity index is 1.88. The van der Waals surface area contributed by atoms with E-state index in [4.69, 9.17) is 0 Å². The van der Waals surface area contributed by atoms with Crippen LogP contribution in [0.4, 0.5) is 0 Å². The first kappa shape index (κ1) is 12.2. The van der Waals surface area contributed by atoms with E-state index in [1.165, 1.54) is 12.8 Å². The van der Waals surface area contributed by atoms with Crippen LogP contribution in [0.15, 0.2) is 18.2 Å². The number of aromatic amines is 1. The van der Waals surface area contributed by atoms with Gasteiger partial charge in [0.15, 0.2) is 5.82 Å². The molecule has 0 spiro atoms. The van der Waals surface area contributed by atoms with Crippen molar-refractivity contribution >= 4 is 16.9 Å². The molecule has 4 heteroatoms. The Bertz CT molecular complexity index is 611. The fourth-order valence-corrected chi connectivity index (χ4v) is 2.84. The van der Waals surface area contributed by atoms with Gasteiger partial charge in [-0.3, -0.25) is 4.79 Å². The lowest BCUT2D eigenvalue weighted by atomic mass is 10.2. The summed E-state index contributed by atoms with van der Waals surface area (Å²) in [6.45, 7) is 2.03. The highest BCUT2D eigenvalue weighted by Crippen LogP contribution is 2.23. The first-order chi connectivity index (χ1) is 9.15. The maximum atomic E-state index is 12.4. The van der Waals surface area contributed by atoms with Crippen molar-refractivity contribution in [2.24, 2.45) is 0 Å². The number of carbonyl (C=O) groups excluding carboxylic acids is 1. The van der Waals surface area contributed by atoms with Gasteiger partial charge in [0.2, 0.25) is 0 Å². The summed E-state index contributed by atoms with van der Waals surface area (Å²) in [4.78, 5) is 21.8. The number of fused-ring (bicyclic) bond motifs is 1. The highest BCUT2D eigenvalue weighted by Gasteiger charge is 2.25. The number of hydrogen-bond donors (Lipinski definition) is 1. The molecule has 0 aliphatic heterocycles. The van der Waals surface area contributed by atoms with Crippen LogP contribution in [-0.2, 0) is 0 Å². The van der Waals surface area contributed by atoms with Crippen LogP contribution in [0.2, 0.25) is 0 Å². The smallest absolute Gasteiger partial charge is 0.289 e. The predicted octanol–water partition coefficient (Wildman–Crippen LogP) is 2.89. The van der Waals surface area contributed by atoms with Crippen LogP contribution in [0.3, 0.4) is 0 Å². The monoisotopic (exact) mass is 257 g/mol. The lowest BCUT2D eigenvalue weighted by Gasteiger charge is -2.23. The van der Waals surface area contributed by atoms with Gasteiger partial charge in [0.05, 0.1) is 11.0 Å². The number of benzene rings is 1. The van der Waals surface area contributed by atoms with Gasteiger partial charge in [0, 0.05) is 13.1 Å². The van der Waals surface area contributed by atoms with Crippen LogP contribution in [-0.4, -0.2) is 33.9 Å². The molecule has 0 unspecified atom stereocenters. The zero-order chi connectivity index (χ0) is 13.4. The number of nitrogens with one attached hydrogen (secondary N) is 1. The second-order valence-corrected chi connectivity index (χ2v) is 5.46. The SMILES string of the molecule is Cc1ccc2[nH]c(C(=O)N(C)C3CCCC3)nc2c1. The number of nitrogens with zero attached hydrogens (tertiary/aromatic N) is 2. The number of imidazole rings is 1. The van der Waals surface area contributed by atoms with Crippen LogP contribution in [0.5, 0.6) is 0 Å². The summed E-state index contributed by atoms with van der Waals surface area (Å²) in [6.07, 6.45) is 4.67. The number of aryl methyl sites for hydroxylation is 1. The number of rotatable bonds is 2. The van der Waals surface area contributed by atoms with Gasteiger partial charge >= 0.3 is 0 Å². The number of amides is 1. The molecule has 4 nitrogen and oxygen atoms in total. The van der Waals surface area contributed by atoms with Crippen molar-refractivity contribution in [3.05, 3.63) is 29.6 Å². The molecule has 0 saturated heterocycles. The van der Waals surface area contributed by atoms with Gasteiger partial charge < -0.3 is 9.88 Å². The second kappa shape index (κ2) is 4.68. The Kier molecular flexibility index (Phi) is 3.01. The second-order valence-electron chi connectivity index (χ2n) is 5.46. The third-order valence-electron chi connectivity index (χ3n) is 4.03. The topological polar surface area (TPSA) is 49.0 Å². The standard InChI is InChI=1S/C15H19N3O/c1-10-7-8-12-13(9-10)17-14(16-12)15(19)18(2)11-5-3-4-6-11/h7-9,11H,3-6H2,1-2H3,(H,16,17). The van der Waals surface area contributed by atoms with Gasteiger partial charge in [0.1, 0.15) is 0 Å². The predicted molar refractivity (Wildman–Crippen MR) is 75.2 cm³/mol. The summed E-state index contributed by atoms with van der Waals surface area (Å²) in [6, 6.07) is 6.37. The van der Waals surface area contributed by atoms with Crippen molar-refractivity contribution in [1.29, 1.82) is 0 Å². The van der Waals surface area contributed by atoms with Gasteiger partial charge in [-0.1, -0.05) is 18.9 Å². The van der Waals surface area contributed by atoms with Crippen molar-refractivity contribution in [3.63, 3.8) is 0 Å². The molecule has 3 rings (SSSR count). The van der Waals surface area contributed by atoms with E-state index in [1.807, 2.05) is 37.1 Å². The summed E-state index contributed by atoms with van der Waals surface area (Å²) in [7, 11) is 1.89. The van der Waals surface area contributed by atoms with Crippen molar-refractivity contribution < 1.29 is 4.79 Å². The molecule has 1 saturated carbocycles. The van der Waals surface area contributed by atoms with Gasteiger partial charge in [-0.25, -0.2) is 4.98 Å². The van der Waals surface area contributed by atoms with Crippen LogP contribution in [0.1, 0.15) is 41.9 Å². The quantitative estimate of drug-likeness (QED) is 0.899. The minimum absolute atomic E-state index is 0.000697. The van der Waals surface area contributed by atoms with Crippen molar-refractivity contribution in [3.8, 4) is 0 Å². The average Bonchev–Trinajstić information content (AvgIpc) is 3.05. The molecule has 0 bridgehead atoms. The molecule has 1 amide bonds. The van der Waals surface area contributed by atoms with Crippen molar-refractivity contribution in [2.45, 2.75) is 38.6 Å². The summed E-state index contributed by atoms with van der Waals surface area (Å²) < 4.78 is 0. The lowest BCUT2D eigenvalue weighted by molar-refractivity contribution is 0.0724. The van der Waals surface area contributed by atoms with Gasteiger partial charge in [-0.05, 0) is 37.5 Å². The Morgan fingerprint density at radius 2 is 2.11 bits per heavy atom. The largest absolute Gasteiger partial charge is 0.336 e. The van der Waals surface area contributed by atoms with Crippen LogP contribution >= 0.6 is 0 Å². The van der Waals surface area contributed by atoms with E-state index < -0.39 is 0 Å². The zero-order valence-electron chi connectivity index (χ0n) is 11.4. The highest BCUT2D eigenvalue weighted by atomic mass is 16.2. The first-order valence-electron chi connectivity index (χ1n) is 6.88. The molecular formula is C15H19N3O. The molecule has 1 aliphatic carbocycles. The maximum absolute atomic E-state index is 12.4. The summed E-state index contributed by atoms with van der Waals surface area (Å²) in [5.41, 5.74) is 2.94. The van der Waals surface area contributed by atoms with E-state index in [-0.39, 0.29) is 5.91 Å². The number of carbonyl (C=O) groups is 1. The van der Waals surface area contributed by atoms with E-state index in [2.05, 4.69) is 9.97 Å². The van der Waals surface area contributed by atoms with Crippen LogP contribution in [0, 0.1) is 6.92 Å². The van der Waals surface area contributed by atoms with Crippen LogP contribution in [0.25, 0.3) is 11.0 Å². The lowest BCUT2D eigenvalue weighted by Crippen LogP contribution is -2.35.